The maximum Gasteiger partial charge on any atom is 0.407 e. The third-order valence-electron chi connectivity index (χ3n) is 3.14. The molecular weight excluding hydrogens is 298 g/mol. The molecule has 0 aliphatic heterocycles. The summed E-state index contributed by atoms with van der Waals surface area (Å²) < 4.78 is 5.00. The van der Waals surface area contributed by atoms with Gasteiger partial charge in [-0.15, -0.1) is 0 Å². The highest BCUT2D eigenvalue weighted by Crippen LogP contribution is 2.16. The summed E-state index contributed by atoms with van der Waals surface area (Å²) in [6, 6.07) is 12.2. The molecule has 1 amide bonds. The molecule has 1 aromatic carbocycles. The van der Waals surface area contributed by atoms with E-state index in [9.17, 15) is 15.0 Å². The Balaban J connectivity index is 1.77. The fourth-order valence-electron chi connectivity index (χ4n) is 1.90. The Labute approximate surface area is 133 Å². The Morgan fingerprint density at radius 1 is 1.26 bits per heavy atom. The van der Waals surface area contributed by atoms with Gasteiger partial charge in [-0.3, -0.25) is 4.98 Å². The van der Waals surface area contributed by atoms with Gasteiger partial charge in [0.2, 0.25) is 0 Å². The number of anilines is 1. The Bertz CT molecular complexity index is 636. The maximum atomic E-state index is 11.6. The number of nitrogens with zero attached hydrogens (tertiary/aromatic N) is 1. The number of carbonyl (C=O) groups excluding carboxylic acids is 1. The number of benzene rings is 1. The predicted molar refractivity (Wildman–Crippen MR) is 84.2 cm³/mol. The fourth-order valence-corrected chi connectivity index (χ4v) is 1.90. The lowest BCUT2D eigenvalue weighted by Crippen LogP contribution is -2.36. The zero-order valence-electron chi connectivity index (χ0n) is 12.4. The molecule has 23 heavy (non-hydrogen) atoms. The molecule has 0 fully saturated rings. The van der Waals surface area contributed by atoms with E-state index in [1.54, 1.807) is 6.07 Å². The summed E-state index contributed by atoms with van der Waals surface area (Å²) in [6.45, 7) is -0.0482. The lowest BCUT2D eigenvalue weighted by Gasteiger charge is -2.18. The van der Waals surface area contributed by atoms with Crippen LogP contribution in [0, 0.1) is 0 Å². The third kappa shape index (κ3) is 5.24. The van der Waals surface area contributed by atoms with E-state index in [1.807, 2.05) is 30.3 Å². The van der Waals surface area contributed by atoms with E-state index >= 15 is 0 Å². The third-order valence-corrected chi connectivity index (χ3v) is 3.14. The van der Waals surface area contributed by atoms with Crippen LogP contribution in [0.25, 0.3) is 0 Å². The van der Waals surface area contributed by atoms with Crippen molar-refractivity contribution in [2.24, 2.45) is 0 Å². The van der Waals surface area contributed by atoms with Crippen LogP contribution in [-0.2, 0) is 11.3 Å². The number of amides is 1. The van der Waals surface area contributed by atoms with Crippen molar-refractivity contribution in [3.05, 3.63) is 59.9 Å². The molecule has 0 aliphatic rings. The first-order valence-electron chi connectivity index (χ1n) is 7.08. The lowest BCUT2D eigenvalue weighted by atomic mass is 10.1. The van der Waals surface area contributed by atoms with Crippen molar-refractivity contribution in [2.75, 3.05) is 12.3 Å². The summed E-state index contributed by atoms with van der Waals surface area (Å²) in [5.74, 6) is 0. The molecule has 122 valence electrons. The molecule has 0 saturated heterocycles. The summed E-state index contributed by atoms with van der Waals surface area (Å²) in [4.78, 5) is 15.5. The number of pyridine rings is 1. The van der Waals surface area contributed by atoms with Gasteiger partial charge in [0.1, 0.15) is 18.8 Å². The first-order chi connectivity index (χ1) is 11.1. The van der Waals surface area contributed by atoms with Crippen LogP contribution in [0.3, 0.4) is 0 Å². The Hall–Kier alpha value is -2.64. The molecule has 2 aromatic rings. The van der Waals surface area contributed by atoms with Crippen molar-refractivity contribution in [1.82, 2.24) is 10.3 Å². The minimum atomic E-state index is -1.26. The highest BCUT2D eigenvalue weighted by atomic mass is 16.5. The van der Waals surface area contributed by atoms with E-state index in [2.05, 4.69) is 10.3 Å². The van der Waals surface area contributed by atoms with Crippen molar-refractivity contribution in [2.45, 2.75) is 18.8 Å². The molecule has 1 aromatic heterocycles. The molecule has 0 bridgehead atoms. The van der Waals surface area contributed by atoms with Crippen LogP contribution < -0.4 is 11.1 Å². The van der Waals surface area contributed by atoms with Crippen LogP contribution in [0.15, 0.2) is 48.7 Å². The van der Waals surface area contributed by atoms with Gasteiger partial charge in [0.05, 0.1) is 5.69 Å². The number of carbonyl (C=O) groups is 1. The van der Waals surface area contributed by atoms with Crippen LogP contribution in [0.1, 0.15) is 17.4 Å². The van der Waals surface area contributed by atoms with Crippen LogP contribution in [0.4, 0.5) is 10.5 Å². The molecular formula is C16H19N3O4. The quantitative estimate of drug-likeness (QED) is 0.631. The van der Waals surface area contributed by atoms with E-state index in [0.717, 1.165) is 5.56 Å². The standard InChI is InChI=1S/C16H19N3O4/c17-12-6-7-18-13(8-12)15(21)14(20)9-19-16(22)23-10-11-4-2-1-3-5-11/h1-8,14-15,20-21H,9-10H2,(H2,17,18)(H,19,22). The van der Waals surface area contributed by atoms with E-state index < -0.39 is 18.3 Å². The number of nitrogens with two attached hydrogens (primary N) is 1. The van der Waals surface area contributed by atoms with Gasteiger partial charge < -0.3 is 26.0 Å². The van der Waals surface area contributed by atoms with Gasteiger partial charge in [-0.2, -0.15) is 0 Å². The molecule has 1 heterocycles. The van der Waals surface area contributed by atoms with Crippen molar-refractivity contribution in [3.8, 4) is 0 Å². The number of ether oxygens (including phenoxy) is 1. The highest BCUT2D eigenvalue weighted by molar-refractivity contribution is 5.67. The Morgan fingerprint density at radius 2 is 2.00 bits per heavy atom. The van der Waals surface area contributed by atoms with Gasteiger partial charge in [-0.25, -0.2) is 4.79 Å². The second-order valence-corrected chi connectivity index (χ2v) is 4.97. The number of alkyl carbamates (subject to hydrolysis) is 1. The molecule has 7 heteroatoms. The summed E-state index contributed by atoms with van der Waals surface area (Å²) in [7, 11) is 0. The molecule has 0 spiro atoms. The summed E-state index contributed by atoms with van der Waals surface area (Å²) in [5, 5.41) is 22.3. The van der Waals surface area contributed by atoms with Crippen LogP contribution >= 0.6 is 0 Å². The largest absolute Gasteiger partial charge is 0.445 e. The van der Waals surface area contributed by atoms with E-state index in [4.69, 9.17) is 10.5 Å². The van der Waals surface area contributed by atoms with Crippen LogP contribution in [-0.4, -0.2) is 33.9 Å². The summed E-state index contributed by atoms with van der Waals surface area (Å²) >= 11 is 0. The maximum absolute atomic E-state index is 11.6. The van der Waals surface area contributed by atoms with E-state index in [-0.39, 0.29) is 18.8 Å². The molecule has 0 radical (unpaired) electrons. The zero-order valence-corrected chi connectivity index (χ0v) is 12.4. The summed E-state index contributed by atoms with van der Waals surface area (Å²) in [6.07, 6.45) is -1.73. The van der Waals surface area contributed by atoms with Gasteiger partial charge in [-0.1, -0.05) is 30.3 Å². The highest BCUT2D eigenvalue weighted by Gasteiger charge is 2.20. The molecule has 2 rings (SSSR count). The summed E-state index contributed by atoms with van der Waals surface area (Å²) in [5.41, 5.74) is 7.11. The molecule has 5 N–H and O–H groups in total. The average molecular weight is 317 g/mol. The minimum absolute atomic E-state index is 0.127. The van der Waals surface area contributed by atoms with E-state index in [1.165, 1.54) is 12.3 Å². The number of aliphatic hydroxyl groups is 2. The molecule has 7 nitrogen and oxygen atoms in total. The lowest BCUT2D eigenvalue weighted by molar-refractivity contribution is 0.0160. The minimum Gasteiger partial charge on any atom is -0.445 e. The first kappa shape index (κ1) is 16.7. The number of nitrogens with one attached hydrogen (secondary N) is 1. The number of nitrogen functional groups attached to an aromatic ring is 1. The van der Waals surface area contributed by atoms with Gasteiger partial charge in [0.15, 0.2) is 0 Å². The molecule has 0 aliphatic carbocycles. The van der Waals surface area contributed by atoms with Gasteiger partial charge in [0, 0.05) is 18.4 Å². The van der Waals surface area contributed by atoms with Crippen molar-refractivity contribution in [3.63, 3.8) is 0 Å². The molecule has 2 atom stereocenters. The normalized spacial score (nSPS) is 13.1. The van der Waals surface area contributed by atoms with Crippen LogP contribution in [0.2, 0.25) is 0 Å². The van der Waals surface area contributed by atoms with Gasteiger partial charge in [0.25, 0.3) is 0 Å². The fraction of sp³-hybridized carbons (Fsp3) is 0.250. The Kier molecular flexibility index (Phi) is 5.90. The van der Waals surface area contributed by atoms with Crippen LogP contribution in [0.5, 0.6) is 0 Å². The second kappa shape index (κ2) is 8.11. The van der Waals surface area contributed by atoms with Crippen molar-refractivity contribution >= 4 is 11.8 Å². The first-order valence-corrected chi connectivity index (χ1v) is 7.08. The number of hydrogen-bond acceptors (Lipinski definition) is 6. The molecule has 0 saturated carbocycles. The second-order valence-electron chi connectivity index (χ2n) is 4.97. The van der Waals surface area contributed by atoms with E-state index in [0.29, 0.717) is 5.69 Å². The average Bonchev–Trinajstić information content (AvgIpc) is 2.58. The zero-order chi connectivity index (χ0) is 16.7. The Morgan fingerprint density at radius 3 is 2.70 bits per heavy atom. The van der Waals surface area contributed by atoms with Crippen molar-refractivity contribution < 1.29 is 19.7 Å². The smallest absolute Gasteiger partial charge is 0.407 e. The predicted octanol–water partition coefficient (Wildman–Crippen LogP) is 0.984. The number of rotatable bonds is 6. The van der Waals surface area contributed by atoms with Gasteiger partial charge >= 0.3 is 6.09 Å². The topological polar surface area (TPSA) is 118 Å². The number of aromatic nitrogens is 1. The van der Waals surface area contributed by atoms with Crippen molar-refractivity contribution in [1.29, 1.82) is 0 Å². The SMILES string of the molecule is Nc1ccnc(C(O)C(O)CNC(=O)OCc2ccccc2)c1. The number of hydrogen-bond donors (Lipinski definition) is 4. The number of aliphatic hydroxyl groups excluding tert-OH is 2. The monoisotopic (exact) mass is 317 g/mol. The molecule has 2 unspecified atom stereocenters. The van der Waals surface area contributed by atoms with Gasteiger partial charge in [-0.05, 0) is 17.7 Å².